The second kappa shape index (κ2) is 5.89. The smallest absolute Gasteiger partial charge is 0.00166 e. The van der Waals surface area contributed by atoms with E-state index in [0.717, 1.165) is 19.3 Å². The summed E-state index contributed by atoms with van der Waals surface area (Å²) < 4.78 is 0. The molecule has 0 atom stereocenters. The summed E-state index contributed by atoms with van der Waals surface area (Å²) in [5.41, 5.74) is 11.4. The van der Waals surface area contributed by atoms with Gasteiger partial charge in [-0.15, -0.1) is 0 Å². The summed E-state index contributed by atoms with van der Waals surface area (Å²) in [4.78, 5) is 0. The van der Waals surface area contributed by atoms with Crippen LogP contribution >= 0.6 is 0 Å². The van der Waals surface area contributed by atoms with Gasteiger partial charge in [0.15, 0.2) is 0 Å². The number of hydrogen-bond donors (Lipinski definition) is 0. The molecule has 0 radical (unpaired) electrons. The van der Waals surface area contributed by atoms with Crippen LogP contribution in [0.5, 0.6) is 0 Å². The summed E-state index contributed by atoms with van der Waals surface area (Å²) in [5.74, 6) is 0. The molecule has 0 aromatic heterocycles. The standard InChI is InChI=1S/C25H20/c1-4-10-22-18(7-1)13-14-21(22)17-20-9-3-6-12-24(20)25-16-15-19-8-2-5-11-23(19)25/h1-12,14,16H,13,15,17H2. The first kappa shape index (κ1) is 14.5. The average Bonchev–Trinajstić information content (AvgIpc) is 3.27. The fourth-order valence-electron chi connectivity index (χ4n) is 4.20. The Morgan fingerprint density at radius 1 is 0.560 bits per heavy atom. The zero-order valence-corrected chi connectivity index (χ0v) is 14.2. The predicted molar refractivity (Wildman–Crippen MR) is 105 cm³/mol. The van der Waals surface area contributed by atoms with Gasteiger partial charge in [0.25, 0.3) is 0 Å². The van der Waals surface area contributed by atoms with E-state index in [1.54, 1.807) is 0 Å². The van der Waals surface area contributed by atoms with Crippen molar-refractivity contribution in [1.82, 2.24) is 0 Å². The summed E-state index contributed by atoms with van der Waals surface area (Å²) in [6.45, 7) is 0. The largest absolute Gasteiger partial charge is 0.0759 e. The maximum Gasteiger partial charge on any atom is -0.00166 e. The average molecular weight is 320 g/mol. The van der Waals surface area contributed by atoms with Gasteiger partial charge in [-0.25, -0.2) is 0 Å². The molecule has 120 valence electrons. The molecule has 2 aliphatic carbocycles. The molecule has 3 aromatic carbocycles. The van der Waals surface area contributed by atoms with Gasteiger partial charge in [-0.2, -0.15) is 0 Å². The Hall–Kier alpha value is -2.86. The molecule has 0 bridgehead atoms. The van der Waals surface area contributed by atoms with Gasteiger partial charge >= 0.3 is 0 Å². The van der Waals surface area contributed by atoms with Gasteiger partial charge in [-0.3, -0.25) is 0 Å². The minimum absolute atomic E-state index is 1.01. The number of benzene rings is 3. The van der Waals surface area contributed by atoms with Crippen LogP contribution in [0, 0.1) is 0 Å². The fraction of sp³-hybridized carbons (Fsp3) is 0.120. The van der Waals surface area contributed by atoms with Crippen LogP contribution in [-0.2, 0) is 19.3 Å². The highest BCUT2D eigenvalue weighted by atomic mass is 14.2. The van der Waals surface area contributed by atoms with Gasteiger partial charge in [-0.1, -0.05) is 84.9 Å². The van der Waals surface area contributed by atoms with Crippen molar-refractivity contribution < 1.29 is 0 Å². The van der Waals surface area contributed by atoms with E-state index in [0.29, 0.717) is 0 Å². The van der Waals surface area contributed by atoms with E-state index < -0.39 is 0 Å². The quantitative estimate of drug-likeness (QED) is 0.567. The van der Waals surface area contributed by atoms with Crippen LogP contribution < -0.4 is 0 Å². The van der Waals surface area contributed by atoms with Crippen LogP contribution in [0.4, 0.5) is 0 Å². The first-order valence-corrected chi connectivity index (χ1v) is 9.04. The van der Waals surface area contributed by atoms with Crippen molar-refractivity contribution in [2.75, 3.05) is 0 Å². The zero-order valence-electron chi connectivity index (χ0n) is 14.2. The molecule has 2 aliphatic rings. The van der Waals surface area contributed by atoms with Gasteiger partial charge < -0.3 is 0 Å². The Kier molecular flexibility index (Phi) is 3.41. The molecular formula is C25H20. The molecule has 0 heteroatoms. The second-order valence-electron chi connectivity index (χ2n) is 6.90. The Morgan fingerprint density at radius 2 is 1.16 bits per heavy atom. The lowest BCUT2D eigenvalue weighted by molar-refractivity contribution is 1.27. The number of rotatable bonds is 3. The Bertz CT molecular complexity index is 1020. The third-order valence-electron chi connectivity index (χ3n) is 5.45. The van der Waals surface area contributed by atoms with E-state index in [-0.39, 0.29) is 0 Å². The summed E-state index contributed by atoms with van der Waals surface area (Å²) in [7, 11) is 0. The van der Waals surface area contributed by atoms with E-state index in [4.69, 9.17) is 0 Å². The lowest BCUT2D eigenvalue weighted by Gasteiger charge is -2.13. The highest BCUT2D eigenvalue weighted by Crippen LogP contribution is 2.37. The molecule has 5 rings (SSSR count). The molecule has 25 heavy (non-hydrogen) atoms. The zero-order chi connectivity index (χ0) is 16.6. The Morgan fingerprint density at radius 3 is 2.00 bits per heavy atom. The lowest BCUT2D eigenvalue weighted by Crippen LogP contribution is -1.96. The monoisotopic (exact) mass is 320 g/mol. The molecule has 0 unspecified atom stereocenters. The van der Waals surface area contributed by atoms with E-state index >= 15 is 0 Å². The minimum Gasteiger partial charge on any atom is -0.0759 e. The highest BCUT2D eigenvalue weighted by Gasteiger charge is 2.19. The molecule has 0 aliphatic heterocycles. The summed E-state index contributed by atoms with van der Waals surface area (Å²) in [6, 6.07) is 26.5. The molecule has 0 amide bonds. The first-order chi connectivity index (χ1) is 12.4. The normalized spacial score (nSPS) is 14.7. The van der Waals surface area contributed by atoms with Gasteiger partial charge in [0.05, 0.1) is 0 Å². The molecule has 0 saturated heterocycles. The first-order valence-electron chi connectivity index (χ1n) is 9.04. The van der Waals surface area contributed by atoms with Crippen LogP contribution in [0.3, 0.4) is 0 Å². The predicted octanol–water partition coefficient (Wildman–Crippen LogP) is 5.86. The van der Waals surface area contributed by atoms with Crippen LogP contribution in [0.1, 0.15) is 33.4 Å². The molecule has 0 fully saturated rings. The number of hydrogen-bond acceptors (Lipinski definition) is 0. The topological polar surface area (TPSA) is 0 Å². The van der Waals surface area contributed by atoms with Gasteiger partial charge in [-0.05, 0) is 63.8 Å². The van der Waals surface area contributed by atoms with Crippen molar-refractivity contribution in [3.63, 3.8) is 0 Å². The maximum absolute atomic E-state index is 2.40. The summed E-state index contributed by atoms with van der Waals surface area (Å²) in [5, 5.41) is 0. The van der Waals surface area contributed by atoms with Crippen LogP contribution in [-0.4, -0.2) is 0 Å². The van der Waals surface area contributed by atoms with Crippen molar-refractivity contribution >= 4 is 11.1 Å². The SMILES string of the molecule is C1=C(Cc2ccccc2C2=CCc3ccccc32)c2ccccc2C1. The summed E-state index contributed by atoms with van der Waals surface area (Å²) >= 11 is 0. The minimum atomic E-state index is 1.01. The molecule has 0 saturated carbocycles. The molecule has 0 nitrogen and oxygen atoms in total. The van der Waals surface area contributed by atoms with E-state index in [1.807, 2.05) is 0 Å². The van der Waals surface area contributed by atoms with Crippen molar-refractivity contribution in [3.8, 4) is 0 Å². The highest BCUT2D eigenvalue weighted by molar-refractivity contribution is 5.87. The Balaban J connectivity index is 1.53. The number of allylic oxidation sites excluding steroid dienone is 3. The second-order valence-corrected chi connectivity index (χ2v) is 6.90. The fourth-order valence-corrected chi connectivity index (χ4v) is 4.20. The van der Waals surface area contributed by atoms with E-state index in [1.165, 1.54) is 44.5 Å². The Labute approximate surface area is 149 Å². The van der Waals surface area contributed by atoms with Gasteiger partial charge in [0.2, 0.25) is 0 Å². The summed E-state index contributed by atoms with van der Waals surface area (Å²) in [6.07, 6.45) is 7.91. The van der Waals surface area contributed by atoms with Crippen molar-refractivity contribution in [3.05, 3.63) is 118 Å². The van der Waals surface area contributed by atoms with Crippen LogP contribution in [0.25, 0.3) is 11.1 Å². The van der Waals surface area contributed by atoms with Crippen molar-refractivity contribution in [2.45, 2.75) is 19.3 Å². The number of fused-ring (bicyclic) bond motifs is 2. The molecule has 0 N–H and O–H groups in total. The van der Waals surface area contributed by atoms with Crippen molar-refractivity contribution in [1.29, 1.82) is 0 Å². The molecule has 0 spiro atoms. The lowest BCUT2D eigenvalue weighted by atomic mass is 9.90. The van der Waals surface area contributed by atoms with E-state index in [9.17, 15) is 0 Å². The molecular weight excluding hydrogens is 300 g/mol. The van der Waals surface area contributed by atoms with Gasteiger partial charge in [0, 0.05) is 0 Å². The van der Waals surface area contributed by atoms with Crippen LogP contribution in [0.15, 0.2) is 84.9 Å². The third kappa shape index (κ3) is 2.46. The maximum atomic E-state index is 2.40. The van der Waals surface area contributed by atoms with Crippen LogP contribution in [0.2, 0.25) is 0 Å². The van der Waals surface area contributed by atoms with E-state index in [2.05, 4.69) is 84.9 Å². The van der Waals surface area contributed by atoms with Crippen molar-refractivity contribution in [2.24, 2.45) is 0 Å². The molecule has 0 heterocycles. The van der Waals surface area contributed by atoms with Gasteiger partial charge in [0.1, 0.15) is 0 Å². The molecule has 3 aromatic rings. The third-order valence-corrected chi connectivity index (χ3v) is 5.45.